The smallest absolute Gasteiger partial charge is 0.369 e. The van der Waals surface area contributed by atoms with Crippen LogP contribution in [0.25, 0.3) is 5.69 Å². The van der Waals surface area contributed by atoms with Crippen molar-refractivity contribution in [2.24, 2.45) is 0 Å². The number of para-hydroxylation sites is 1. The Morgan fingerprint density at radius 2 is 2.11 bits per heavy atom. The molecule has 0 fully saturated rings. The lowest BCUT2D eigenvalue weighted by Gasteiger charge is -2.01. The van der Waals surface area contributed by atoms with Gasteiger partial charge in [-0.05, 0) is 29.5 Å². The van der Waals surface area contributed by atoms with Gasteiger partial charge in [0.05, 0.1) is 17.3 Å². The number of carbonyl (C=O) groups excluding carboxylic acids is 1. The Balaban J connectivity index is 2.31. The second-order valence-electron chi connectivity index (χ2n) is 3.59. The molecule has 2 rings (SSSR count). The highest BCUT2D eigenvalue weighted by Gasteiger charge is 2.14. The van der Waals surface area contributed by atoms with E-state index in [9.17, 15) is 9.59 Å². The summed E-state index contributed by atoms with van der Waals surface area (Å²) in [7, 11) is 0. The molecule has 0 bridgehead atoms. The molecular weight excluding hydrogens is 272 g/mol. The van der Waals surface area contributed by atoms with Gasteiger partial charge in [-0.1, -0.05) is 23.7 Å². The van der Waals surface area contributed by atoms with Gasteiger partial charge in [-0.3, -0.25) is 4.79 Å². The van der Waals surface area contributed by atoms with Crippen LogP contribution in [-0.4, -0.2) is 32.4 Å². The minimum Gasteiger partial charge on any atom is -0.465 e. The van der Waals surface area contributed by atoms with Gasteiger partial charge in [0.15, 0.2) is 0 Å². The lowest BCUT2D eigenvalue weighted by atomic mass is 10.3. The molecule has 1 heterocycles. The summed E-state index contributed by atoms with van der Waals surface area (Å²) in [5.41, 5.74) is -0.148. The lowest BCUT2D eigenvalue weighted by Crippen LogP contribution is -2.28. The van der Waals surface area contributed by atoms with Crippen LogP contribution >= 0.6 is 11.6 Å². The molecule has 19 heavy (non-hydrogen) atoms. The summed E-state index contributed by atoms with van der Waals surface area (Å²) in [6.45, 7) is 1.64. The number of rotatable bonds is 4. The molecule has 0 unspecified atom stereocenters. The fourth-order valence-corrected chi connectivity index (χ4v) is 1.69. The first-order chi connectivity index (χ1) is 9.13. The van der Waals surface area contributed by atoms with E-state index in [-0.39, 0.29) is 13.2 Å². The maximum Gasteiger partial charge on any atom is 0.369 e. The minimum atomic E-state index is -0.554. The van der Waals surface area contributed by atoms with Crippen LogP contribution in [0.1, 0.15) is 6.92 Å². The number of aromatic nitrogens is 4. The SMILES string of the molecule is CCOC(=O)Cn1nnn(-c2ccccc2Cl)c1=O. The van der Waals surface area contributed by atoms with Gasteiger partial charge in [-0.2, -0.15) is 9.36 Å². The standard InChI is InChI=1S/C11H11ClN4O3/c1-2-19-10(17)7-15-11(18)16(14-13-15)9-6-4-3-5-8(9)12/h3-6H,2,7H2,1H3. The van der Waals surface area contributed by atoms with Crippen LogP contribution in [0.3, 0.4) is 0 Å². The fourth-order valence-electron chi connectivity index (χ4n) is 1.48. The second-order valence-corrected chi connectivity index (χ2v) is 3.99. The summed E-state index contributed by atoms with van der Waals surface area (Å²) in [5, 5.41) is 7.67. The average molecular weight is 283 g/mol. The third kappa shape index (κ3) is 2.82. The summed E-state index contributed by atoms with van der Waals surface area (Å²) in [6, 6.07) is 6.72. The van der Waals surface area contributed by atoms with Gasteiger partial charge in [0.1, 0.15) is 6.54 Å². The van der Waals surface area contributed by atoms with Crippen molar-refractivity contribution in [3.8, 4) is 5.69 Å². The highest BCUT2D eigenvalue weighted by Crippen LogP contribution is 2.16. The van der Waals surface area contributed by atoms with E-state index in [1.807, 2.05) is 0 Å². The Kier molecular flexibility index (Phi) is 3.96. The summed E-state index contributed by atoms with van der Waals surface area (Å²) in [6.07, 6.45) is 0. The topological polar surface area (TPSA) is 79.0 Å². The van der Waals surface area contributed by atoms with E-state index in [0.29, 0.717) is 10.7 Å². The second kappa shape index (κ2) is 5.66. The number of ether oxygens (including phenoxy) is 1. The zero-order chi connectivity index (χ0) is 13.8. The van der Waals surface area contributed by atoms with Crippen molar-refractivity contribution in [1.29, 1.82) is 0 Å². The molecule has 1 aromatic carbocycles. The zero-order valence-electron chi connectivity index (χ0n) is 10.1. The summed E-state index contributed by atoms with van der Waals surface area (Å²) >= 11 is 5.97. The van der Waals surface area contributed by atoms with Gasteiger partial charge in [0.2, 0.25) is 0 Å². The molecule has 0 radical (unpaired) electrons. The number of nitrogens with zero attached hydrogens (tertiary/aromatic N) is 4. The molecule has 100 valence electrons. The molecule has 0 spiro atoms. The van der Waals surface area contributed by atoms with E-state index in [4.69, 9.17) is 16.3 Å². The van der Waals surface area contributed by atoms with Crippen LogP contribution in [0, 0.1) is 0 Å². The molecule has 1 aromatic heterocycles. The Labute approximate surface area is 113 Å². The predicted octanol–water partition coefficient (Wildman–Crippen LogP) is 0.645. The van der Waals surface area contributed by atoms with Crippen molar-refractivity contribution in [2.45, 2.75) is 13.5 Å². The largest absolute Gasteiger partial charge is 0.465 e. The number of carbonyl (C=O) groups is 1. The van der Waals surface area contributed by atoms with Crippen molar-refractivity contribution in [3.05, 3.63) is 39.8 Å². The molecule has 0 aliphatic carbocycles. The highest BCUT2D eigenvalue weighted by molar-refractivity contribution is 6.32. The fraction of sp³-hybridized carbons (Fsp3) is 0.273. The van der Waals surface area contributed by atoms with Crippen LogP contribution in [0.5, 0.6) is 0 Å². The van der Waals surface area contributed by atoms with Crippen LogP contribution in [0.2, 0.25) is 5.02 Å². The molecule has 0 N–H and O–H groups in total. The van der Waals surface area contributed by atoms with E-state index in [0.717, 1.165) is 9.36 Å². The number of halogens is 1. The molecule has 0 aliphatic rings. The third-order valence-electron chi connectivity index (χ3n) is 2.30. The van der Waals surface area contributed by atoms with Gasteiger partial charge >= 0.3 is 11.7 Å². The molecular formula is C11H11ClN4O3. The van der Waals surface area contributed by atoms with Crippen molar-refractivity contribution < 1.29 is 9.53 Å². The van der Waals surface area contributed by atoms with Crippen molar-refractivity contribution >= 4 is 17.6 Å². The van der Waals surface area contributed by atoms with Crippen molar-refractivity contribution in [3.63, 3.8) is 0 Å². The van der Waals surface area contributed by atoms with Crippen LogP contribution in [0.4, 0.5) is 0 Å². The normalized spacial score (nSPS) is 10.4. The van der Waals surface area contributed by atoms with Crippen LogP contribution in [0.15, 0.2) is 29.1 Å². The van der Waals surface area contributed by atoms with Crippen LogP contribution < -0.4 is 5.69 Å². The van der Waals surface area contributed by atoms with Gasteiger partial charge in [0.25, 0.3) is 0 Å². The minimum absolute atomic E-state index is 0.242. The van der Waals surface area contributed by atoms with Gasteiger partial charge < -0.3 is 4.74 Å². The monoisotopic (exact) mass is 282 g/mol. The lowest BCUT2D eigenvalue weighted by molar-refractivity contribution is -0.144. The van der Waals surface area contributed by atoms with Crippen molar-refractivity contribution in [1.82, 2.24) is 19.8 Å². The third-order valence-corrected chi connectivity index (χ3v) is 2.62. The maximum absolute atomic E-state index is 12.0. The van der Waals surface area contributed by atoms with E-state index in [1.165, 1.54) is 0 Å². The molecule has 7 nitrogen and oxygen atoms in total. The molecule has 2 aromatic rings. The number of tetrazole rings is 1. The highest BCUT2D eigenvalue weighted by atomic mass is 35.5. The number of esters is 1. The average Bonchev–Trinajstić information content (AvgIpc) is 2.72. The number of hydrogen-bond donors (Lipinski definition) is 0. The Bertz CT molecular complexity index is 649. The van der Waals surface area contributed by atoms with Gasteiger partial charge in [-0.15, -0.1) is 0 Å². The molecule has 0 aliphatic heterocycles. The summed E-state index contributed by atoms with van der Waals surface area (Å²) in [4.78, 5) is 23.3. The Morgan fingerprint density at radius 3 is 2.79 bits per heavy atom. The molecule has 0 atom stereocenters. The number of benzene rings is 1. The maximum atomic E-state index is 12.0. The molecule has 0 amide bonds. The first-order valence-electron chi connectivity index (χ1n) is 5.57. The molecule has 0 saturated carbocycles. The van der Waals surface area contributed by atoms with E-state index in [2.05, 4.69) is 10.4 Å². The van der Waals surface area contributed by atoms with Crippen molar-refractivity contribution in [2.75, 3.05) is 6.61 Å². The quantitative estimate of drug-likeness (QED) is 0.769. The van der Waals surface area contributed by atoms with E-state index in [1.54, 1.807) is 31.2 Å². The van der Waals surface area contributed by atoms with Crippen LogP contribution in [-0.2, 0) is 16.1 Å². The zero-order valence-corrected chi connectivity index (χ0v) is 10.9. The Morgan fingerprint density at radius 1 is 1.37 bits per heavy atom. The predicted molar refractivity (Wildman–Crippen MR) is 67.3 cm³/mol. The van der Waals surface area contributed by atoms with E-state index < -0.39 is 11.7 Å². The number of hydrogen-bond acceptors (Lipinski definition) is 5. The summed E-state index contributed by atoms with van der Waals surface area (Å²) < 4.78 is 6.69. The Hall–Kier alpha value is -2.15. The van der Waals surface area contributed by atoms with Gasteiger partial charge in [-0.25, -0.2) is 4.79 Å². The van der Waals surface area contributed by atoms with E-state index >= 15 is 0 Å². The van der Waals surface area contributed by atoms with Gasteiger partial charge in [0, 0.05) is 0 Å². The first-order valence-corrected chi connectivity index (χ1v) is 5.94. The first kappa shape index (κ1) is 13.3. The molecule has 8 heteroatoms. The molecule has 0 saturated heterocycles. The summed E-state index contributed by atoms with van der Waals surface area (Å²) in [5.74, 6) is -0.546.